The van der Waals surface area contributed by atoms with Crippen molar-refractivity contribution < 1.29 is 14.3 Å². The Labute approximate surface area is 133 Å². The number of ether oxygens (including phenoxy) is 1. The minimum Gasteiger partial charge on any atom is -0.496 e. The van der Waals surface area contributed by atoms with E-state index in [-0.39, 0.29) is 41.5 Å². The van der Waals surface area contributed by atoms with Gasteiger partial charge in [-0.2, -0.15) is 0 Å². The molecule has 1 fully saturated rings. The molecule has 0 aromatic heterocycles. The third-order valence-electron chi connectivity index (χ3n) is 2.92. The van der Waals surface area contributed by atoms with E-state index in [2.05, 4.69) is 10.6 Å². The number of carbonyl (C=O) groups excluding carboxylic acids is 2. The third-order valence-corrected chi connectivity index (χ3v) is 3.24. The number of nitrogen functional groups attached to an aromatic ring is 1. The Morgan fingerprint density at radius 2 is 2.10 bits per heavy atom. The first-order chi connectivity index (χ1) is 9.51. The van der Waals surface area contributed by atoms with Crippen LogP contribution in [-0.4, -0.2) is 31.5 Å². The van der Waals surface area contributed by atoms with E-state index >= 15 is 0 Å². The van der Waals surface area contributed by atoms with Crippen molar-refractivity contribution >= 4 is 41.5 Å². The van der Waals surface area contributed by atoms with Gasteiger partial charge in [-0.3, -0.25) is 9.59 Å². The molecule has 2 amide bonds. The highest BCUT2D eigenvalue weighted by atomic mass is 35.5. The molecule has 0 saturated heterocycles. The van der Waals surface area contributed by atoms with Crippen LogP contribution in [0.5, 0.6) is 5.75 Å². The van der Waals surface area contributed by atoms with E-state index in [4.69, 9.17) is 22.1 Å². The molecule has 8 heteroatoms. The smallest absolute Gasteiger partial charge is 0.255 e. The number of benzene rings is 1. The zero-order chi connectivity index (χ0) is 14.7. The lowest BCUT2D eigenvalue weighted by Gasteiger charge is -2.11. The first-order valence-electron chi connectivity index (χ1n) is 6.22. The second-order valence-electron chi connectivity index (χ2n) is 4.60. The molecule has 21 heavy (non-hydrogen) atoms. The number of methoxy groups -OCH3 is 1. The summed E-state index contributed by atoms with van der Waals surface area (Å²) in [6.45, 7) is -0.0829. The van der Waals surface area contributed by atoms with Crippen LogP contribution in [0.3, 0.4) is 0 Å². The molecule has 1 aromatic rings. The van der Waals surface area contributed by atoms with Gasteiger partial charge >= 0.3 is 0 Å². The van der Waals surface area contributed by atoms with Gasteiger partial charge in [0.1, 0.15) is 5.75 Å². The van der Waals surface area contributed by atoms with Crippen LogP contribution in [0.25, 0.3) is 0 Å². The Balaban J connectivity index is 0.00000220. The van der Waals surface area contributed by atoms with Crippen LogP contribution in [0.2, 0.25) is 5.02 Å². The van der Waals surface area contributed by atoms with Gasteiger partial charge in [-0.05, 0) is 18.9 Å². The lowest BCUT2D eigenvalue weighted by molar-refractivity contribution is -0.120. The molecule has 0 radical (unpaired) electrons. The number of nitrogens with one attached hydrogen (secondary N) is 2. The maximum absolute atomic E-state index is 12.0. The first kappa shape index (κ1) is 17.4. The monoisotopic (exact) mass is 333 g/mol. The van der Waals surface area contributed by atoms with Gasteiger partial charge in [0.2, 0.25) is 5.91 Å². The Kier molecular flexibility index (Phi) is 6.11. The van der Waals surface area contributed by atoms with Crippen LogP contribution >= 0.6 is 24.0 Å². The standard InChI is InChI=1S/C13H16ClN3O3.ClH/c1-20-11-5-10(15)9(14)4-8(11)13(19)16-6-12(18)17-7-2-3-7;/h4-5,7H,2-3,6,15H2,1H3,(H,16,19)(H,17,18);1H. The summed E-state index contributed by atoms with van der Waals surface area (Å²) >= 11 is 5.89. The number of carbonyl (C=O) groups is 2. The highest BCUT2D eigenvalue weighted by molar-refractivity contribution is 6.33. The molecule has 1 saturated carbocycles. The molecular weight excluding hydrogens is 317 g/mol. The Morgan fingerprint density at radius 1 is 1.43 bits per heavy atom. The van der Waals surface area contributed by atoms with Gasteiger partial charge in [0.25, 0.3) is 5.91 Å². The third kappa shape index (κ3) is 4.68. The molecule has 0 spiro atoms. The number of nitrogens with two attached hydrogens (primary N) is 1. The maximum atomic E-state index is 12.0. The van der Waals surface area contributed by atoms with Crippen LogP contribution in [0, 0.1) is 0 Å². The fraction of sp³-hybridized carbons (Fsp3) is 0.385. The molecule has 2 rings (SSSR count). The average molecular weight is 334 g/mol. The zero-order valence-electron chi connectivity index (χ0n) is 11.4. The summed E-state index contributed by atoms with van der Waals surface area (Å²) in [6, 6.07) is 3.16. The molecule has 1 aliphatic carbocycles. The van der Waals surface area contributed by atoms with Crippen LogP contribution < -0.4 is 21.1 Å². The summed E-state index contributed by atoms with van der Waals surface area (Å²) in [4.78, 5) is 23.5. The van der Waals surface area contributed by atoms with Crippen LogP contribution in [-0.2, 0) is 4.79 Å². The van der Waals surface area contributed by atoms with Crippen LogP contribution in [0.4, 0.5) is 5.69 Å². The molecule has 116 valence electrons. The van der Waals surface area contributed by atoms with E-state index in [1.807, 2.05) is 0 Å². The molecule has 6 nitrogen and oxygen atoms in total. The SMILES string of the molecule is COc1cc(N)c(Cl)cc1C(=O)NCC(=O)NC1CC1.Cl. The minimum absolute atomic E-state index is 0. The summed E-state index contributed by atoms with van der Waals surface area (Å²) in [5.74, 6) is -0.331. The summed E-state index contributed by atoms with van der Waals surface area (Å²) in [5, 5.41) is 5.56. The van der Waals surface area contributed by atoms with E-state index < -0.39 is 5.91 Å². The summed E-state index contributed by atoms with van der Waals surface area (Å²) in [7, 11) is 1.43. The molecule has 0 aliphatic heterocycles. The fourth-order valence-electron chi connectivity index (χ4n) is 1.68. The number of hydrogen-bond donors (Lipinski definition) is 3. The van der Waals surface area contributed by atoms with E-state index in [1.165, 1.54) is 19.2 Å². The predicted molar refractivity (Wildman–Crippen MR) is 83.2 cm³/mol. The van der Waals surface area contributed by atoms with E-state index in [1.54, 1.807) is 0 Å². The first-order valence-corrected chi connectivity index (χ1v) is 6.59. The maximum Gasteiger partial charge on any atom is 0.255 e. The zero-order valence-corrected chi connectivity index (χ0v) is 13.0. The number of rotatable bonds is 5. The minimum atomic E-state index is -0.435. The van der Waals surface area contributed by atoms with E-state index in [0.29, 0.717) is 11.4 Å². The lowest BCUT2D eigenvalue weighted by atomic mass is 10.1. The van der Waals surface area contributed by atoms with Crippen molar-refractivity contribution in [3.63, 3.8) is 0 Å². The Morgan fingerprint density at radius 3 is 2.67 bits per heavy atom. The van der Waals surface area contributed by atoms with Gasteiger partial charge < -0.3 is 21.1 Å². The van der Waals surface area contributed by atoms with Crippen LogP contribution in [0.15, 0.2) is 12.1 Å². The normalized spacial score (nSPS) is 13.0. The molecule has 0 heterocycles. The Hall–Kier alpha value is -1.66. The quantitative estimate of drug-likeness (QED) is 0.709. The molecule has 4 N–H and O–H groups in total. The number of amides is 2. The topological polar surface area (TPSA) is 93.4 Å². The molecule has 1 aromatic carbocycles. The Bertz CT molecular complexity index is 548. The predicted octanol–water partition coefficient (Wildman–Crippen LogP) is 1.36. The van der Waals surface area contributed by atoms with Crippen molar-refractivity contribution in [2.75, 3.05) is 19.4 Å². The second-order valence-corrected chi connectivity index (χ2v) is 5.01. The van der Waals surface area contributed by atoms with Gasteiger partial charge in [-0.25, -0.2) is 0 Å². The van der Waals surface area contributed by atoms with Crippen molar-refractivity contribution in [1.82, 2.24) is 10.6 Å². The van der Waals surface area contributed by atoms with Gasteiger partial charge in [0.05, 0.1) is 29.9 Å². The van der Waals surface area contributed by atoms with Gasteiger partial charge in [0, 0.05) is 12.1 Å². The number of halogens is 2. The van der Waals surface area contributed by atoms with Crippen molar-refractivity contribution in [3.8, 4) is 5.75 Å². The van der Waals surface area contributed by atoms with Crippen LogP contribution in [0.1, 0.15) is 23.2 Å². The van der Waals surface area contributed by atoms with Gasteiger partial charge in [0.15, 0.2) is 0 Å². The van der Waals surface area contributed by atoms with Crippen molar-refractivity contribution in [3.05, 3.63) is 22.7 Å². The van der Waals surface area contributed by atoms with Gasteiger partial charge in [-0.15, -0.1) is 12.4 Å². The van der Waals surface area contributed by atoms with Crippen molar-refractivity contribution in [2.24, 2.45) is 0 Å². The van der Waals surface area contributed by atoms with E-state index in [9.17, 15) is 9.59 Å². The molecule has 1 aliphatic rings. The van der Waals surface area contributed by atoms with Crippen molar-refractivity contribution in [2.45, 2.75) is 18.9 Å². The van der Waals surface area contributed by atoms with E-state index in [0.717, 1.165) is 12.8 Å². The summed E-state index contributed by atoms with van der Waals surface area (Å²) < 4.78 is 5.08. The molecule has 0 bridgehead atoms. The second kappa shape index (κ2) is 7.38. The molecular formula is C13H17Cl2N3O3. The molecule has 0 unspecified atom stereocenters. The summed E-state index contributed by atoms with van der Waals surface area (Å²) in [5.41, 5.74) is 6.21. The average Bonchev–Trinajstić information content (AvgIpc) is 3.22. The highest BCUT2D eigenvalue weighted by Gasteiger charge is 2.23. The summed E-state index contributed by atoms with van der Waals surface area (Å²) in [6.07, 6.45) is 2.00. The molecule has 0 atom stereocenters. The number of anilines is 1. The number of hydrogen-bond acceptors (Lipinski definition) is 4. The van der Waals surface area contributed by atoms with Crippen molar-refractivity contribution in [1.29, 1.82) is 0 Å². The lowest BCUT2D eigenvalue weighted by Crippen LogP contribution is -2.37. The highest BCUT2D eigenvalue weighted by Crippen LogP contribution is 2.28. The largest absolute Gasteiger partial charge is 0.496 e. The van der Waals surface area contributed by atoms with Gasteiger partial charge in [-0.1, -0.05) is 11.6 Å². The fourth-order valence-corrected chi connectivity index (χ4v) is 1.84.